The van der Waals surface area contributed by atoms with Gasteiger partial charge in [-0.05, 0) is 63.0 Å². The summed E-state index contributed by atoms with van der Waals surface area (Å²) in [5.74, 6) is -0.835. The van der Waals surface area contributed by atoms with Gasteiger partial charge in [-0.3, -0.25) is 9.59 Å². The van der Waals surface area contributed by atoms with Crippen LogP contribution >= 0.6 is 0 Å². The molecule has 2 N–H and O–H groups in total. The Hall–Kier alpha value is -2.73. The average molecular weight is 383 g/mol. The molecule has 1 saturated heterocycles. The minimum absolute atomic E-state index is 0.0452. The molecule has 0 bridgehead atoms. The first-order valence-corrected chi connectivity index (χ1v) is 9.60. The highest BCUT2D eigenvalue weighted by atomic mass is 19.1. The van der Waals surface area contributed by atoms with E-state index >= 15 is 0 Å². The zero-order chi connectivity index (χ0) is 20.1. The predicted molar refractivity (Wildman–Crippen MR) is 108 cm³/mol. The fourth-order valence-corrected chi connectivity index (χ4v) is 3.71. The van der Waals surface area contributed by atoms with E-state index in [1.165, 1.54) is 18.2 Å². The summed E-state index contributed by atoms with van der Waals surface area (Å²) in [7, 11) is 1.91. The Bertz CT molecular complexity index is 867. The molecule has 1 atom stereocenters. The molecule has 6 heteroatoms. The SMILES string of the molecule is CNCC1CCCN(C(=O)c2cccc(C)c2NC(=O)c2ccccc2F)C1. The van der Waals surface area contributed by atoms with Gasteiger partial charge in [0.2, 0.25) is 0 Å². The monoisotopic (exact) mass is 383 g/mol. The number of hydrogen-bond acceptors (Lipinski definition) is 3. The van der Waals surface area contributed by atoms with E-state index in [1.807, 2.05) is 24.9 Å². The van der Waals surface area contributed by atoms with E-state index in [0.717, 1.165) is 24.9 Å². The number of amides is 2. The minimum Gasteiger partial charge on any atom is -0.338 e. The molecule has 28 heavy (non-hydrogen) atoms. The van der Waals surface area contributed by atoms with Crippen molar-refractivity contribution in [3.05, 3.63) is 65.0 Å². The van der Waals surface area contributed by atoms with Gasteiger partial charge in [0, 0.05) is 13.1 Å². The molecule has 0 spiro atoms. The van der Waals surface area contributed by atoms with Crippen LogP contribution in [0.3, 0.4) is 0 Å². The van der Waals surface area contributed by atoms with E-state index in [4.69, 9.17) is 0 Å². The number of nitrogens with zero attached hydrogens (tertiary/aromatic N) is 1. The number of nitrogens with one attached hydrogen (secondary N) is 2. The number of halogens is 1. The molecule has 1 unspecified atom stereocenters. The molecule has 2 aromatic carbocycles. The predicted octanol–water partition coefficient (Wildman–Crippen LogP) is 3.46. The maximum atomic E-state index is 14.0. The van der Waals surface area contributed by atoms with Crippen molar-refractivity contribution in [3.8, 4) is 0 Å². The maximum absolute atomic E-state index is 14.0. The topological polar surface area (TPSA) is 61.4 Å². The Kier molecular flexibility index (Phi) is 6.41. The quantitative estimate of drug-likeness (QED) is 0.831. The number of anilines is 1. The minimum atomic E-state index is -0.590. The van der Waals surface area contributed by atoms with Crippen LogP contribution in [0.4, 0.5) is 10.1 Å². The van der Waals surface area contributed by atoms with Crippen LogP contribution in [0.25, 0.3) is 0 Å². The van der Waals surface area contributed by atoms with Crippen LogP contribution < -0.4 is 10.6 Å². The van der Waals surface area contributed by atoms with E-state index < -0.39 is 11.7 Å². The lowest BCUT2D eigenvalue weighted by atomic mass is 9.96. The summed E-state index contributed by atoms with van der Waals surface area (Å²) in [6.45, 7) is 4.09. The standard InChI is InChI=1S/C22H26FN3O2/c1-15-7-5-10-18(22(28)26-12-6-8-16(14-26)13-24-2)20(15)25-21(27)17-9-3-4-11-19(17)23/h3-5,7,9-11,16,24H,6,8,12-14H2,1-2H3,(H,25,27). The number of para-hydroxylation sites is 1. The summed E-state index contributed by atoms with van der Waals surface area (Å²) < 4.78 is 14.0. The molecule has 1 aliphatic heterocycles. The van der Waals surface area contributed by atoms with Gasteiger partial charge in [0.1, 0.15) is 5.82 Å². The second-order valence-corrected chi connectivity index (χ2v) is 7.25. The summed E-state index contributed by atoms with van der Waals surface area (Å²) in [5, 5.41) is 5.93. The van der Waals surface area contributed by atoms with Gasteiger partial charge in [0.25, 0.3) is 11.8 Å². The third-order valence-electron chi connectivity index (χ3n) is 5.16. The highest BCUT2D eigenvalue weighted by Gasteiger charge is 2.26. The molecule has 0 radical (unpaired) electrons. The Morgan fingerprint density at radius 1 is 1.14 bits per heavy atom. The van der Waals surface area contributed by atoms with E-state index in [9.17, 15) is 14.0 Å². The lowest BCUT2D eigenvalue weighted by Crippen LogP contribution is -2.42. The number of benzene rings is 2. The van der Waals surface area contributed by atoms with Crippen molar-refractivity contribution >= 4 is 17.5 Å². The highest BCUT2D eigenvalue weighted by Crippen LogP contribution is 2.26. The first-order chi connectivity index (χ1) is 13.5. The molecule has 1 aliphatic rings. The summed E-state index contributed by atoms with van der Waals surface area (Å²) in [6, 6.07) is 11.2. The first-order valence-electron chi connectivity index (χ1n) is 9.60. The van der Waals surface area contributed by atoms with Crippen molar-refractivity contribution < 1.29 is 14.0 Å². The van der Waals surface area contributed by atoms with Crippen LogP contribution in [0.5, 0.6) is 0 Å². The first kappa shape index (κ1) is 20.0. The van der Waals surface area contributed by atoms with Crippen LogP contribution in [0, 0.1) is 18.7 Å². The molecule has 5 nitrogen and oxygen atoms in total. The van der Waals surface area contributed by atoms with Gasteiger partial charge in [0.05, 0.1) is 16.8 Å². The summed E-state index contributed by atoms with van der Waals surface area (Å²) in [4.78, 5) is 27.6. The van der Waals surface area contributed by atoms with Gasteiger partial charge in [-0.15, -0.1) is 0 Å². The molecule has 1 fully saturated rings. The van der Waals surface area contributed by atoms with Gasteiger partial charge in [-0.1, -0.05) is 24.3 Å². The Morgan fingerprint density at radius 2 is 1.89 bits per heavy atom. The van der Waals surface area contributed by atoms with E-state index in [0.29, 0.717) is 30.3 Å². The van der Waals surface area contributed by atoms with Crippen LogP contribution in [-0.4, -0.2) is 43.4 Å². The van der Waals surface area contributed by atoms with E-state index in [1.54, 1.807) is 18.2 Å². The molecule has 3 rings (SSSR count). The number of hydrogen-bond donors (Lipinski definition) is 2. The number of likely N-dealkylation sites (tertiary alicyclic amines) is 1. The molecule has 0 aliphatic carbocycles. The second kappa shape index (κ2) is 8.97. The molecule has 1 heterocycles. The molecule has 0 saturated carbocycles. The molecular formula is C22H26FN3O2. The van der Waals surface area contributed by atoms with Crippen LogP contribution in [0.15, 0.2) is 42.5 Å². The van der Waals surface area contributed by atoms with Gasteiger partial charge in [-0.25, -0.2) is 4.39 Å². The van der Waals surface area contributed by atoms with Crippen molar-refractivity contribution in [3.63, 3.8) is 0 Å². The molecule has 2 aromatic rings. The van der Waals surface area contributed by atoms with Gasteiger partial charge >= 0.3 is 0 Å². The van der Waals surface area contributed by atoms with Crippen LogP contribution in [0.1, 0.15) is 39.1 Å². The number of piperidine rings is 1. The van der Waals surface area contributed by atoms with Gasteiger partial charge in [-0.2, -0.15) is 0 Å². The van der Waals surface area contributed by atoms with Crippen molar-refractivity contribution in [1.82, 2.24) is 10.2 Å². The zero-order valence-electron chi connectivity index (χ0n) is 16.3. The number of carbonyl (C=O) groups is 2. The molecule has 0 aromatic heterocycles. The Labute approximate surface area is 164 Å². The number of carbonyl (C=O) groups excluding carboxylic acids is 2. The van der Waals surface area contributed by atoms with Crippen molar-refractivity contribution in [2.45, 2.75) is 19.8 Å². The zero-order valence-corrected chi connectivity index (χ0v) is 16.3. The summed E-state index contributed by atoms with van der Waals surface area (Å²) in [5.41, 5.74) is 1.60. The molecular weight excluding hydrogens is 357 g/mol. The second-order valence-electron chi connectivity index (χ2n) is 7.25. The van der Waals surface area contributed by atoms with Gasteiger partial charge in [0.15, 0.2) is 0 Å². The molecule has 2 amide bonds. The molecule has 148 valence electrons. The Morgan fingerprint density at radius 3 is 2.64 bits per heavy atom. The van der Waals surface area contributed by atoms with Crippen LogP contribution in [-0.2, 0) is 0 Å². The third kappa shape index (κ3) is 4.39. The normalized spacial score (nSPS) is 16.7. The van der Waals surface area contributed by atoms with E-state index in [2.05, 4.69) is 10.6 Å². The van der Waals surface area contributed by atoms with Gasteiger partial charge < -0.3 is 15.5 Å². The smallest absolute Gasteiger partial charge is 0.258 e. The Balaban J connectivity index is 1.85. The maximum Gasteiger partial charge on any atom is 0.258 e. The fraction of sp³-hybridized carbons (Fsp3) is 0.364. The average Bonchev–Trinajstić information content (AvgIpc) is 2.69. The van der Waals surface area contributed by atoms with Crippen molar-refractivity contribution in [1.29, 1.82) is 0 Å². The lowest BCUT2D eigenvalue weighted by Gasteiger charge is -2.33. The van der Waals surface area contributed by atoms with E-state index in [-0.39, 0.29) is 11.5 Å². The highest BCUT2D eigenvalue weighted by molar-refractivity contribution is 6.09. The van der Waals surface area contributed by atoms with Crippen molar-refractivity contribution in [2.24, 2.45) is 5.92 Å². The number of rotatable bonds is 5. The summed E-state index contributed by atoms with van der Waals surface area (Å²) >= 11 is 0. The lowest BCUT2D eigenvalue weighted by molar-refractivity contribution is 0.0675. The van der Waals surface area contributed by atoms with Crippen molar-refractivity contribution in [2.75, 3.05) is 32.0 Å². The summed E-state index contributed by atoms with van der Waals surface area (Å²) in [6.07, 6.45) is 2.05. The van der Waals surface area contributed by atoms with Crippen LogP contribution in [0.2, 0.25) is 0 Å². The third-order valence-corrected chi connectivity index (χ3v) is 5.16. The number of aryl methyl sites for hydroxylation is 1. The fourth-order valence-electron chi connectivity index (χ4n) is 3.71. The largest absolute Gasteiger partial charge is 0.338 e.